The number of hydrogen-bond acceptors (Lipinski definition) is 0. The van der Waals surface area contributed by atoms with Crippen LogP contribution in [0.3, 0.4) is 0 Å². The molecule has 10 aromatic carbocycles. The first kappa shape index (κ1) is 36.8. The summed E-state index contributed by atoms with van der Waals surface area (Å²) in [5.74, 6) is 0. The summed E-state index contributed by atoms with van der Waals surface area (Å²) in [6.45, 7) is 0. The van der Waals surface area contributed by atoms with Crippen molar-refractivity contribution in [3.8, 4) is 33.6 Å². The summed E-state index contributed by atoms with van der Waals surface area (Å²) in [6, 6.07) is 94.4. The van der Waals surface area contributed by atoms with Crippen LogP contribution in [0.25, 0.3) is 77.2 Å². The lowest BCUT2D eigenvalue weighted by Gasteiger charge is -2.35. The molecule has 2 aromatic heterocycles. The third kappa shape index (κ3) is 5.85. The van der Waals surface area contributed by atoms with E-state index in [1.54, 1.807) is 0 Å². The average Bonchev–Trinajstić information content (AvgIpc) is 3.89. The van der Waals surface area contributed by atoms with Gasteiger partial charge in [0, 0.05) is 27.2 Å². The van der Waals surface area contributed by atoms with Crippen molar-refractivity contribution in [3.05, 3.63) is 255 Å². The second-order valence-corrected chi connectivity index (χ2v) is 20.2. The van der Waals surface area contributed by atoms with Gasteiger partial charge >= 0.3 is 0 Å². The Balaban J connectivity index is 1.23. The van der Waals surface area contributed by atoms with Gasteiger partial charge in [0.25, 0.3) is 0 Å². The van der Waals surface area contributed by atoms with Crippen LogP contribution in [0.2, 0.25) is 0 Å². The minimum atomic E-state index is -2.98. The lowest BCUT2D eigenvalue weighted by molar-refractivity contribution is 1.13. The largest absolute Gasteiger partial charge is 0.307 e. The van der Waals surface area contributed by atoms with Crippen LogP contribution in [0.15, 0.2) is 255 Å². The van der Waals surface area contributed by atoms with E-state index in [0.29, 0.717) is 0 Å². The molecule has 0 amide bonds. The number of hydrogen-bond donors (Lipinski definition) is 0. The number of rotatable bonds is 8. The number of para-hydroxylation sites is 3. The average molecular weight is 819 g/mol. The minimum absolute atomic E-state index is 1.12. The third-order valence-corrected chi connectivity index (χ3v) is 17.9. The molecule has 0 aliphatic heterocycles. The molecule has 2 nitrogen and oxygen atoms in total. The van der Waals surface area contributed by atoms with E-state index < -0.39 is 8.07 Å². The van der Waals surface area contributed by atoms with Crippen molar-refractivity contribution in [2.75, 3.05) is 0 Å². The Hall–Kier alpha value is -7.98. The predicted octanol–water partition coefficient (Wildman–Crippen LogP) is 12.6. The summed E-state index contributed by atoms with van der Waals surface area (Å²) in [5, 5.41) is 10.4. The molecule has 63 heavy (non-hydrogen) atoms. The van der Waals surface area contributed by atoms with Crippen molar-refractivity contribution >= 4 is 72.4 Å². The van der Waals surface area contributed by atoms with Crippen molar-refractivity contribution in [2.24, 2.45) is 0 Å². The molecular formula is C60H42N2Si. The van der Waals surface area contributed by atoms with Gasteiger partial charge in [-0.15, -0.1) is 0 Å². The van der Waals surface area contributed by atoms with E-state index in [-0.39, 0.29) is 0 Å². The van der Waals surface area contributed by atoms with Gasteiger partial charge in [0.15, 0.2) is 8.07 Å². The third-order valence-electron chi connectivity index (χ3n) is 13.1. The van der Waals surface area contributed by atoms with E-state index in [4.69, 9.17) is 0 Å². The lowest BCUT2D eigenvalue weighted by atomic mass is 10.0. The molecule has 3 heteroatoms. The maximum atomic E-state index is 2.60. The van der Waals surface area contributed by atoms with Crippen LogP contribution in [0.5, 0.6) is 0 Å². The van der Waals surface area contributed by atoms with Crippen molar-refractivity contribution in [3.63, 3.8) is 0 Å². The molecule has 0 unspecified atom stereocenters. The Kier molecular flexibility index (Phi) is 8.87. The van der Waals surface area contributed by atoms with E-state index in [9.17, 15) is 0 Å². The highest BCUT2D eigenvalue weighted by Crippen LogP contribution is 2.41. The first-order valence-corrected chi connectivity index (χ1v) is 23.8. The van der Waals surface area contributed by atoms with Crippen molar-refractivity contribution in [1.29, 1.82) is 0 Å². The number of aromatic nitrogens is 2. The SMILES string of the molecule is c1ccc(-c2ccc(-n3c4ccc(-c5ccccc5)cc4c4cccc(-n5c6ccccc6c6cccc([Si](c7ccccc7)(c7ccccc7)c7ccccc7)c65)c43)cc2)cc1. The topological polar surface area (TPSA) is 9.86 Å². The van der Waals surface area contributed by atoms with Crippen LogP contribution in [0.4, 0.5) is 0 Å². The second-order valence-electron chi connectivity index (χ2n) is 16.4. The molecule has 12 rings (SSSR count). The molecule has 0 fully saturated rings. The molecule has 0 aliphatic rings. The molecule has 0 aliphatic carbocycles. The summed E-state index contributed by atoms with van der Waals surface area (Å²) < 4.78 is 5.10. The summed E-state index contributed by atoms with van der Waals surface area (Å²) in [7, 11) is -2.98. The first-order chi connectivity index (χ1) is 31.3. The van der Waals surface area contributed by atoms with Crippen molar-refractivity contribution in [1.82, 2.24) is 9.13 Å². The number of fused-ring (bicyclic) bond motifs is 6. The Morgan fingerprint density at radius 2 is 0.714 bits per heavy atom. The molecule has 0 radical (unpaired) electrons. The van der Waals surface area contributed by atoms with E-state index >= 15 is 0 Å². The highest BCUT2D eigenvalue weighted by atomic mass is 28.3. The standard InChI is InChI=1S/C60H42N2Si/c1-6-20-43(21-7-1)45-36-39-47(40-37-45)61-56-41-38-46(44-22-8-2-9-23-44)42-54(56)53-31-18-34-57(59(53)61)62-55-33-17-16-30-51(55)52-32-19-35-58(60(52)62)63(48-24-10-3-11-25-48,49-26-12-4-13-27-49)50-28-14-5-15-29-50/h1-42H. The van der Waals surface area contributed by atoms with Gasteiger partial charge in [0.05, 0.1) is 27.8 Å². The molecule has 296 valence electrons. The van der Waals surface area contributed by atoms with Gasteiger partial charge in [0.1, 0.15) is 0 Å². The van der Waals surface area contributed by atoms with Crippen molar-refractivity contribution < 1.29 is 0 Å². The van der Waals surface area contributed by atoms with Crippen LogP contribution in [-0.4, -0.2) is 17.2 Å². The second kappa shape index (κ2) is 15.2. The van der Waals surface area contributed by atoms with Crippen LogP contribution in [0, 0.1) is 0 Å². The van der Waals surface area contributed by atoms with Crippen LogP contribution >= 0.6 is 0 Å². The summed E-state index contributed by atoms with van der Waals surface area (Å²) in [6.07, 6.45) is 0. The smallest absolute Gasteiger partial charge is 0.181 e. The fourth-order valence-corrected chi connectivity index (χ4v) is 15.3. The van der Waals surface area contributed by atoms with Gasteiger partial charge < -0.3 is 9.13 Å². The Morgan fingerprint density at radius 1 is 0.270 bits per heavy atom. The fraction of sp³-hybridized carbons (Fsp3) is 0. The van der Waals surface area contributed by atoms with Crippen LogP contribution in [0.1, 0.15) is 0 Å². The van der Waals surface area contributed by atoms with E-state index in [1.807, 2.05) is 0 Å². The summed E-state index contributed by atoms with van der Waals surface area (Å²) >= 11 is 0. The van der Waals surface area contributed by atoms with Gasteiger partial charge in [0.2, 0.25) is 0 Å². The molecule has 0 saturated carbocycles. The molecule has 0 saturated heterocycles. The zero-order valence-corrected chi connectivity index (χ0v) is 35.6. The Morgan fingerprint density at radius 3 is 1.32 bits per heavy atom. The molecule has 0 atom stereocenters. The van der Waals surface area contributed by atoms with Gasteiger partial charge in [-0.25, -0.2) is 0 Å². The summed E-state index contributed by atoms with van der Waals surface area (Å²) in [5.41, 5.74) is 11.9. The first-order valence-electron chi connectivity index (χ1n) is 21.8. The Labute approximate surface area is 368 Å². The van der Waals surface area contributed by atoms with E-state index in [2.05, 4.69) is 264 Å². The van der Waals surface area contributed by atoms with Gasteiger partial charge in [-0.2, -0.15) is 0 Å². The fourth-order valence-electron chi connectivity index (χ4n) is 10.3. The van der Waals surface area contributed by atoms with Gasteiger partial charge in [-0.1, -0.05) is 218 Å². The number of benzene rings is 10. The zero-order chi connectivity index (χ0) is 41.7. The highest BCUT2D eigenvalue weighted by Gasteiger charge is 2.43. The molecule has 0 bridgehead atoms. The lowest BCUT2D eigenvalue weighted by Crippen LogP contribution is -2.75. The highest BCUT2D eigenvalue weighted by molar-refractivity contribution is 7.20. The maximum Gasteiger partial charge on any atom is 0.181 e. The van der Waals surface area contributed by atoms with Crippen LogP contribution < -0.4 is 20.7 Å². The zero-order valence-electron chi connectivity index (χ0n) is 34.6. The maximum absolute atomic E-state index is 2.98. The van der Waals surface area contributed by atoms with E-state index in [1.165, 1.54) is 86.6 Å². The van der Waals surface area contributed by atoms with Crippen molar-refractivity contribution in [2.45, 2.75) is 0 Å². The molecular weight excluding hydrogens is 777 g/mol. The molecule has 2 heterocycles. The minimum Gasteiger partial charge on any atom is -0.307 e. The van der Waals surface area contributed by atoms with Gasteiger partial charge in [-0.3, -0.25) is 0 Å². The summed E-state index contributed by atoms with van der Waals surface area (Å²) in [4.78, 5) is 0. The van der Waals surface area contributed by atoms with Gasteiger partial charge in [-0.05, 0) is 79.4 Å². The monoisotopic (exact) mass is 818 g/mol. The quantitative estimate of drug-likeness (QED) is 0.107. The normalized spacial score (nSPS) is 11.8. The predicted molar refractivity (Wildman–Crippen MR) is 270 cm³/mol. The molecule has 0 N–H and O–H groups in total. The Bertz CT molecular complexity index is 3480. The molecule has 0 spiro atoms. The van der Waals surface area contributed by atoms with Crippen LogP contribution in [-0.2, 0) is 0 Å². The van der Waals surface area contributed by atoms with E-state index in [0.717, 1.165) is 11.4 Å². The number of nitrogens with zero attached hydrogens (tertiary/aromatic N) is 2. The molecule has 12 aromatic rings.